The number of anilines is 1. The van der Waals surface area contributed by atoms with Gasteiger partial charge >= 0.3 is 0 Å². The van der Waals surface area contributed by atoms with E-state index < -0.39 is 41.5 Å². The second kappa shape index (κ2) is 8.91. The zero-order chi connectivity index (χ0) is 19.3. The number of hydrogen-bond donors (Lipinski definition) is 2. The molecule has 2 aromatic rings. The molecule has 0 saturated carbocycles. The molecule has 0 bridgehead atoms. The minimum absolute atomic E-state index is 0.373. The summed E-state index contributed by atoms with van der Waals surface area (Å²) >= 11 is 9.00. The topological polar surface area (TPSA) is 67.4 Å². The van der Waals surface area contributed by atoms with Gasteiger partial charge in [-0.2, -0.15) is 0 Å². The third kappa shape index (κ3) is 5.37. The fourth-order valence-corrected chi connectivity index (χ4v) is 2.58. The first kappa shape index (κ1) is 20.1. The van der Waals surface area contributed by atoms with Gasteiger partial charge in [-0.15, -0.1) is 0 Å². The van der Waals surface area contributed by atoms with Crippen LogP contribution in [-0.2, 0) is 9.59 Å². The molecule has 0 aliphatic rings. The smallest absolute Gasteiger partial charge is 0.258 e. The van der Waals surface area contributed by atoms with Crippen molar-refractivity contribution < 1.29 is 27.5 Å². The Balaban J connectivity index is 1.82. The summed E-state index contributed by atoms with van der Waals surface area (Å²) in [6.45, 7) is -0.893. The highest BCUT2D eigenvalue weighted by Crippen LogP contribution is 2.27. The third-order valence-electron chi connectivity index (χ3n) is 3.01. The third-order valence-corrected chi connectivity index (χ3v) is 3.86. The molecule has 138 valence electrons. The van der Waals surface area contributed by atoms with Crippen LogP contribution in [0.3, 0.4) is 0 Å². The van der Waals surface area contributed by atoms with Crippen LogP contribution < -0.4 is 15.4 Å². The van der Waals surface area contributed by atoms with E-state index in [9.17, 15) is 22.8 Å². The van der Waals surface area contributed by atoms with Gasteiger partial charge in [-0.1, -0.05) is 11.6 Å². The van der Waals surface area contributed by atoms with Gasteiger partial charge in [0, 0.05) is 5.02 Å². The minimum Gasteiger partial charge on any atom is -0.483 e. The lowest BCUT2D eigenvalue weighted by Crippen LogP contribution is -2.36. The number of carbonyl (C=O) groups is 2. The zero-order valence-electron chi connectivity index (χ0n) is 12.9. The van der Waals surface area contributed by atoms with Crippen molar-refractivity contribution in [1.82, 2.24) is 5.32 Å². The van der Waals surface area contributed by atoms with Gasteiger partial charge in [0.25, 0.3) is 5.91 Å². The number of ether oxygens (including phenoxy) is 1. The van der Waals surface area contributed by atoms with Crippen LogP contribution in [0.25, 0.3) is 0 Å². The summed E-state index contributed by atoms with van der Waals surface area (Å²) in [5, 5.41) is 4.75. The van der Waals surface area contributed by atoms with E-state index in [1.165, 1.54) is 0 Å². The minimum atomic E-state index is -1.70. The normalized spacial score (nSPS) is 10.3. The van der Waals surface area contributed by atoms with Crippen LogP contribution in [0.4, 0.5) is 18.9 Å². The fraction of sp³-hybridized carbons (Fsp3) is 0.125. The lowest BCUT2D eigenvalue weighted by molar-refractivity contribution is -0.125. The molecule has 0 radical (unpaired) electrons. The predicted molar refractivity (Wildman–Crippen MR) is 92.6 cm³/mol. The monoisotopic (exact) mass is 450 g/mol. The van der Waals surface area contributed by atoms with E-state index >= 15 is 0 Å². The fourth-order valence-electron chi connectivity index (χ4n) is 1.78. The molecule has 26 heavy (non-hydrogen) atoms. The van der Waals surface area contributed by atoms with Gasteiger partial charge < -0.3 is 15.4 Å². The Hall–Kier alpha value is -2.26. The number of halogens is 5. The number of nitrogens with one attached hydrogen (secondary N) is 2. The maximum Gasteiger partial charge on any atom is 0.258 e. The second-order valence-corrected chi connectivity index (χ2v) is 6.20. The van der Waals surface area contributed by atoms with Crippen LogP contribution in [-0.4, -0.2) is 25.0 Å². The van der Waals surface area contributed by atoms with Gasteiger partial charge in [0.2, 0.25) is 5.91 Å². The first-order valence-corrected chi connectivity index (χ1v) is 8.23. The molecule has 0 atom stereocenters. The van der Waals surface area contributed by atoms with Crippen LogP contribution in [0.1, 0.15) is 0 Å². The van der Waals surface area contributed by atoms with Gasteiger partial charge in [-0.25, -0.2) is 13.2 Å². The molecule has 2 amide bonds. The Morgan fingerprint density at radius 2 is 1.81 bits per heavy atom. The van der Waals surface area contributed by atoms with Crippen molar-refractivity contribution in [2.45, 2.75) is 0 Å². The average Bonchev–Trinajstić information content (AvgIpc) is 2.59. The number of hydrogen-bond acceptors (Lipinski definition) is 3. The maximum atomic E-state index is 13.4. The summed E-state index contributed by atoms with van der Waals surface area (Å²) in [6.07, 6.45) is 0. The van der Waals surface area contributed by atoms with E-state index in [4.69, 9.17) is 16.3 Å². The largest absolute Gasteiger partial charge is 0.483 e. The molecule has 0 aliphatic heterocycles. The van der Waals surface area contributed by atoms with E-state index in [-0.39, 0.29) is 6.61 Å². The summed E-state index contributed by atoms with van der Waals surface area (Å²) < 4.78 is 45.1. The number of carbonyl (C=O) groups excluding carboxylic acids is 2. The molecule has 0 fully saturated rings. The number of benzene rings is 2. The SMILES string of the molecule is O=C(COc1ccc(Cl)cc1Br)NCC(=O)Nc1ccc(F)c(F)c1F. The first-order chi connectivity index (χ1) is 12.3. The van der Waals surface area contributed by atoms with Crippen molar-refractivity contribution in [3.8, 4) is 5.75 Å². The summed E-state index contributed by atoms with van der Waals surface area (Å²) in [4.78, 5) is 23.3. The van der Waals surface area contributed by atoms with Gasteiger partial charge in [0.05, 0.1) is 16.7 Å². The quantitative estimate of drug-likeness (QED) is 0.659. The maximum absolute atomic E-state index is 13.4. The Kier molecular flexibility index (Phi) is 6.87. The summed E-state index contributed by atoms with van der Waals surface area (Å²) in [5.74, 6) is -5.67. The van der Waals surface area contributed by atoms with Crippen LogP contribution in [0.15, 0.2) is 34.8 Å². The van der Waals surface area contributed by atoms with Gasteiger partial charge in [-0.3, -0.25) is 9.59 Å². The molecule has 2 rings (SSSR count). The molecule has 5 nitrogen and oxygen atoms in total. The van der Waals surface area contributed by atoms with Crippen LogP contribution in [0, 0.1) is 17.5 Å². The van der Waals surface area contributed by atoms with Gasteiger partial charge in [0.15, 0.2) is 24.1 Å². The lowest BCUT2D eigenvalue weighted by atomic mass is 10.2. The van der Waals surface area contributed by atoms with Crippen molar-refractivity contribution in [3.63, 3.8) is 0 Å². The number of amides is 2. The molecule has 0 heterocycles. The van der Waals surface area contributed by atoms with E-state index in [2.05, 4.69) is 21.2 Å². The standard InChI is InChI=1S/C16H11BrClF3N2O3/c17-9-5-8(18)1-4-12(9)26-7-14(25)22-6-13(24)23-11-3-2-10(19)15(20)16(11)21/h1-5H,6-7H2,(H,22,25)(H,23,24). The van der Waals surface area contributed by atoms with E-state index in [0.717, 1.165) is 6.07 Å². The van der Waals surface area contributed by atoms with Crippen LogP contribution in [0.2, 0.25) is 5.02 Å². The predicted octanol–water partition coefficient (Wildman–Crippen LogP) is 3.65. The van der Waals surface area contributed by atoms with Crippen LogP contribution >= 0.6 is 27.5 Å². The van der Waals surface area contributed by atoms with Crippen LogP contribution in [0.5, 0.6) is 5.75 Å². The lowest BCUT2D eigenvalue weighted by Gasteiger charge is -2.10. The highest BCUT2D eigenvalue weighted by atomic mass is 79.9. The average molecular weight is 452 g/mol. The summed E-state index contributed by atoms with van der Waals surface area (Å²) in [5.41, 5.74) is -0.538. The molecule has 2 aromatic carbocycles. The van der Waals surface area contributed by atoms with E-state index in [1.54, 1.807) is 18.2 Å². The van der Waals surface area contributed by atoms with Gasteiger partial charge in [-0.05, 0) is 46.3 Å². The molecule has 10 heteroatoms. The molecule has 0 aliphatic carbocycles. The molecular formula is C16H11BrClF3N2O3. The highest BCUT2D eigenvalue weighted by molar-refractivity contribution is 9.10. The Bertz CT molecular complexity index is 852. The zero-order valence-corrected chi connectivity index (χ0v) is 15.3. The molecule has 0 saturated heterocycles. The summed E-state index contributed by atoms with van der Waals surface area (Å²) in [6, 6.07) is 6.25. The van der Waals surface area contributed by atoms with Crippen molar-refractivity contribution in [2.75, 3.05) is 18.5 Å². The van der Waals surface area contributed by atoms with Gasteiger partial charge in [0.1, 0.15) is 5.75 Å². The molecule has 0 aromatic heterocycles. The first-order valence-electron chi connectivity index (χ1n) is 7.06. The number of rotatable bonds is 6. The van der Waals surface area contributed by atoms with Crippen molar-refractivity contribution in [3.05, 3.63) is 57.3 Å². The van der Waals surface area contributed by atoms with Crippen molar-refractivity contribution >= 4 is 45.0 Å². The van der Waals surface area contributed by atoms with Crippen molar-refractivity contribution in [1.29, 1.82) is 0 Å². The second-order valence-electron chi connectivity index (χ2n) is 4.91. The highest BCUT2D eigenvalue weighted by Gasteiger charge is 2.15. The van der Waals surface area contributed by atoms with Crippen molar-refractivity contribution in [2.24, 2.45) is 0 Å². The molecule has 2 N–H and O–H groups in total. The van der Waals surface area contributed by atoms with E-state index in [0.29, 0.717) is 21.3 Å². The Morgan fingerprint density at radius 3 is 2.50 bits per heavy atom. The Morgan fingerprint density at radius 1 is 1.08 bits per heavy atom. The Labute approximate surface area is 159 Å². The molecule has 0 unspecified atom stereocenters. The molecule has 0 spiro atoms. The molecular weight excluding hydrogens is 441 g/mol. The summed E-state index contributed by atoms with van der Waals surface area (Å²) in [7, 11) is 0. The van der Waals surface area contributed by atoms with E-state index in [1.807, 2.05) is 5.32 Å².